The smallest absolute Gasteiger partial charge is 0.420 e. The number of aromatic nitrogens is 4. The Hall–Kier alpha value is -3.69. The van der Waals surface area contributed by atoms with E-state index in [9.17, 15) is 14.4 Å². The summed E-state index contributed by atoms with van der Waals surface area (Å²) in [6, 6.07) is 8.96. The summed E-state index contributed by atoms with van der Waals surface area (Å²) in [4.78, 5) is 44.1. The van der Waals surface area contributed by atoms with Gasteiger partial charge in [0.1, 0.15) is 22.7 Å². The van der Waals surface area contributed by atoms with E-state index >= 15 is 0 Å². The number of imidazole rings is 1. The molecule has 0 saturated carbocycles. The third kappa shape index (κ3) is 6.71. The molecule has 0 fully saturated rings. The predicted molar refractivity (Wildman–Crippen MR) is 135 cm³/mol. The number of hydrogen-bond acceptors (Lipinski definition) is 7. The number of fused-ring (bicyclic) bond motifs is 1. The van der Waals surface area contributed by atoms with Gasteiger partial charge in [0.15, 0.2) is 5.78 Å². The maximum Gasteiger partial charge on any atom is 0.420 e. The maximum absolute atomic E-state index is 13.1. The van der Waals surface area contributed by atoms with Crippen LogP contribution in [0, 0.1) is 0 Å². The number of nitrogens with zero attached hydrogens (tertiary/aromatic N) is 5. The number of amides is 1. The van der Waals surface area contributed by atoms with Gasteiger partial charge in [-0.25, -0.2) is 19.1 Å². The van der Waals surface area contributed by atoms with Gasteiger partial charge < -0.3 is 14.4 Å². The van der Waals surface area contributed by atoms with Crippen molar-refractivity contribution in [2.75, 3.05) is 6.54 Å². The number of rotatable bonds is 6. The predicted octanol–water partition coefficient (Wildman–Crippen LogP) is 4.74. The van der Waals surface area contributed by atoms with Crippen molar-refractivity contribution in [1.82, 2.24) is 24.2 Å². The van der Waals surface area contributed by atoms with Crippen molar-refractivity contribution in [3.8, 4) is 0 Å². The quantitative estimate of drug-likeness (QED) is 0.453. The van der Waals surface area contributed by atoms with Gasteiger partial charge in [-0.15, -0.1) is 0 Å². The minimum Gasteiger partial charge on any atom is -0.444 e. The van der Waals surface area contributed by atoms with Gasteiger partial charge in [-0.05, 0) is 59.7 Å². The van der Waals surface area contributed by atoms with Crippen LogP contribution in [0.5, 0.6) is 0 Å². The summed E-state index contributed by atoms with van der Waals surface area (Å²) in [5.74, 6) is 0.343. The molecule has 3 rings (SSSR count). The second kappa shape index (κ2) is 10.1. The van der Waals surface area contributed by atoms with Crippen LogP contribution in [0.4, 0.5) is 9.59 Å². The second-order valence-corrected chi connectivity index (χ2v) is 10.7. The van der Waals surface area contributed by atoms with Crippen LogP contribution < -0.4 is 0 Å². The van der Waals surface area contributed by atoms with Crippen LogP contribution in [0.25, 0.3) is 11.0 Å². The second-order valence-electron chi connectivity index (χ2n) is 10.7. The molecule has 0 atom stereocenters. The van der Waals surface area contributed by atoms with Crippen molar-refractivity contribution < 1.29 is 23.9 Å². The van der Waals surface area contributed by atoms with Gasteiger partial charge in [-0.1, -0.05) is 12.1 Å². The molecule has 0 N–H and O–H groups in total. The Morgan fingerprint density at radius 1 is 1.00 bits per heavy atom. The van der Waals surface area contributed by atoms with Crippen molar-refractivity contribution in [2.24, 2.45) is 7.05 Å². The van der Waals surface area contributed by atoms with E-state index in [1.165, 1.54) is 21.1 Å². The highest BCUT2D eigenvalue weighted by Gasteiger charge is 2.27. The summed E-state index contributed by atoms with van der Waals surface area (Å²) in [6.45, 7) is 12.6. The molecular formula is C26H35N5O5. The van der Waals surface area contributed by atoms with E-state index in [0.29, 0.717) is 28.2 Å². The molecule has 0 aliphatic rings. The SMILES string of the molecule is CC(=O)c1cc(CN(CCc2nc3ccccc3n2C(=O)OC(C)(C)C)C(=O)OC(C)(C)C)nn1C. The molecule has 1 aromatic carbocycles. The van der Waals surface area contributed by atoms with Crippen molar-refractivity contribution >= 4 is 29.0 Å². The van der Waals surface area contributed by atoms with Crippen molar-refractivity contribution in [1.29, 1.82) is 0 Å². The molecule has 10 heteroatoms. The van der Waals surface area contributed by atoms with Crippen LogP contribution in [0.2, 0.25) is 0 Å². The molecule has 0 saturated heterocycles. The lowest BCUT2D eigenvalue weighted by Crippen LogP contribution is -2.38. The fraction of sp³-hybridized carbons (Fsp3) is 0.500. The molecule has 0 unspecified atom stereocenters. The fourth-order valence-corrected chi connectivity index (χ4v) is 3.68. The molecule has 0 radical (unpaired) electrons. The van der Waals surface area contributed by atoms with Crippen LogP contribution in [-0.2, 0) is 29.5 Å². The minimum absolute atomic E-state index is 0.119. The number of carbonyl (C=O) groups is 3. The first-order valence-electron chi connectivity index (χ1n) is 11.9. The average Bonchev–Trinajstić information content (AvgIpc) is 3.28. The van der Waals surface area contributed by atoms with Gasteiger partial charge in [0.05, 0.1) is 23.3 Å². The van der Waals surface area contributed by atoms with E-state index in [-0.39, 0.29) is 25.3 Å². The first-order valence-corrected chi connectivity index (χ1v) is 11.9. The topological polar surface area (TPSA) is 109 Å². The minimum atomic E-state index is -0.701. The molecule has 3 aromatic rings. The van der Waals surface area contributed by atoms with Crippen molar-refractivity contribution in [3.63, 3.8) is 0 Å². The van der Waals surface area contributed by atoms with E-state index in [1.807, 2.05) is 18.2 Å². The van der Waals surface area contributed by atoms with Gasteiger partial charge in [0.25, 0.3) is 0 Å². The standard InChI is InChI=1S/C26H35N5O5/c1-17(32)21-15-18(28-29(21)8)16-30(23(33)35-25(2,3)4)14-13-22-27-19-11-9-10-12-20(19)31(22)24(34)36-26(5,6)7/h9-12,15H,13-14,16H2,1-8H3. The molecular weight excluding hydrogens is 462 g/mol. The molecule has 194 valence electrons. The summed E-state index contributed by atoms with van der Waals surface area (Å²) in [7, 11) is 1.68. The number of ether oxygens (including phenoxy) is 2. The monoisotopic (exact) mass is 497 g/mol. The number of hydrogen-bond donors (Lipinski definition) is 0. The van der Waals surface area contributed by atoms with E-state index < -0.39 is 23.4 Å². The summed E-state index contributed by atoms with van der Waals surface area (Å²) < 4.78 is 14.2. The Balaban J connectivity index is 1.92. The first kappa shape index (κ1) is 26.9. The summed E-state index contributed by atoms with van der Waals surface area (Å²) in [5.41, 5.74) is 0.887. The zero-order valence-corrected chi connectivity index (χ0v) is 22.3. The number of benzene rings is 1. The van der Waals surface area contributed by atoms with Crippen LogP contribution in [0.15, 0.2) is 30.3 Å². The number of para-hydroxylation sites is 2. The highest BCUT2D eigenvalue weighted by molar-refractivity contribution is 5.92. The first-order chi connectivity index (χ1) is 16.6. The third-order valence-electron chi connectivity index (χ3n) is 5.11. The molecule has 10 nitrogen and oxygen atoms in total. The molecule has 0 spiro atoms. The van der Waals surface area contributed by atoms with E-state index in [4.69, 9.17) is 9.47 Å². The largest absolute Gasteiger partial charge is 0.444 e. The summed E-state index contributed by atoms with van der Waals surface area (Å²) >= 11 is 0. The van der Waals surface area contributed by atoms with Crippen molar-refractivity contribution in [2.45, 2.75) is 72.6 Å². The molecule has 36 heavy (non-hydrogen) atoms. The van der Waals surface area contributed by atoms with Gasteiger partial charge >= 0.3 is 12.2 Å². The number of ketones is 1. The number of carbonyl (C=O) groups excluding carboxylic acids is 3. The number of Topliss-reactive ketones (excluding diaryl/α,β-unsaturated/α-hetero) is 1. The Kier molecular flexibility index (Phi) is 7.56. The third-order valence-corrected chi connectivity index (χ3v) is 5.11. The zero-order valence-electron chi connectivity index (χ0n) is 22.3. The van der Waals surface area contributed by atoms with Crippen molar-refractivity contribution in [3.05, 3.63) is 47.5 Å². The van der Waals surface area contributed by atoms with Gasteiger partial charge in [0.2, 0.25) is 0 Å². The van der Waals surface area contributed by atoms with Crippen LogP contribution in [0.3, 0.4) is 0 Å². The Morgan fingerprint density at radius 2 is 1.64 bits per heavy atom. The lowest BCUT2D eigenvalue weighted by molar-refractivity contribution is 0.0232. The normalized spacial score (nSPS) is 12.0. The zero-order chi connectivity index (χ0) is 26.8. The van der Waals surface area contributed by atoms with E-state index in [0.717, 1.165) is 0 Å². The molecule has 0 aliphatic carbocycles. The summed E-state index contributed by atoms with van der Waals surface area (Å²) in [6.07, 6.45) is -0.803. The molecule has 0 bridgehead atoms. The Bertz CT molecular complexity index is 1280. The molecule has 2 heterocycles. The van der Waals surface area contributed by atoms with Crippen LogP contribution >= 0.6 is 0 Å². The number of aryl methyl sites for hydroxylation is 1. The average molecular weight is 498 g/mol. The molecule has 2 aromatic heterocycles. The summed E-state index contributed by atoms with van der Waals surface area (Å²) in [5, 5.41) is 4.38. The van der Waals surface area contributed by atoms with Crippen LogP contribution in [-0.4, -0.2) is 59.9 Å². The molecule has 1 amide bonds. The van der Waals surface area contributed by atoms with E-state index in [2.05, 4.69) is 10.1 Å². The fourth-order valence-electron chi connectivity index (χ4n) is 3.68. The lowest BCUT2D eigenvalue weighted by Gasteiger charge is -2.27. The maximum atomic E-state index is 13.1. The van der Waals surface area contributed by atoms with E-state index in [1.54, 1.807) is 60.7 Å². The Labute approximate surface area is 211 Å². The highest BCUT2D eigenvalue weighted by Crippen LogP contribution is 2.20. The van der Waals surface area contributed by atoms with Gasteiger partial charge in [-0.2, -0.15) is 5.10 Å². The Morgan fingerprint density at radius 3 is 2.22 bits per heavy atom. The van der Waals surface area contributed by atoms with Gasteiger partial charge in [0, 0.05) is 26.9 Å². The highest BCUT2D eigenvalue weighted by atomic mass is 16.6. The molecule has 0 aliphatic heterocycles. The van der Waals surface area contributed by atoms with Crippen LogP contribution in [0.1, 0.15) is 70.5 Å². The van der Waals surface area contributed by atoms with Gasteiger partial charge in [-0.3, -0.25) is 9.48 Å². The lowest BCUT2D eigenvalue weighted by atomic mass is 10.2.